The largest absolute Gasteiger partial charge is 0.276 e. The fourth-order valence-corrected chi connectivity index (χ4v) is 1.91. The molecule has 0 aliphatic carbocycles. The Morgan fingerprint density at radius 1 is 1.13 bits per heavy atom. The van der Waals surface area contributed by atoms with E-state index < -0.39 is 4.92 Å². The third-order valence-electron chi connectivity index (χ3n) is 2.97. The van der Waals surface area contributed by atoms with E-state index in [4.69, 9.17) is 0 Å². The lowest BCUT2D eigenvalue weighted by molar-refractivity contribution is -0.385. The molecule has 1 amide bonds. The highest BCUT2D eigenvalue weighted by Crippen LogP contribution is 2.18. The summed E-state index contributed by atoms with van der Waals surface area (Å²) >= 11 is 0. The Bertz CT molecular complexity index is 740. The molecule has 0 aromatic heterocycles. The number of hydrogen-bond acceptors (Lipinski definition) is 4. The van der Waals surface area contributed by atoms with Gasteiger partial charge in [0.1, 0.15) is 0 Å². The number of hydrazone groups is 1. The Morgan fingerprint density at radius 2 is 1.83 bits per heavy atom. The lowest BCUT2D eigenvalue weighted by atomic mass is 10.1. The van der Waals surface area contributed by atoms with Crippen LogP contribution in [0.4, 0.5) is 5.69 Å². The summed E-state index contributed by atoms with van der Waals surface area (Å²) in [6.45, 7) is 0. The molecule has 23 heavy (non-hydrogen) atoms. The average Bonchev–Trinajstić information content (AvgIpc) is 2.55. The summed E-state index contributed by atoms with van der Waals surface area (Å²) in [5.41, 5.74) is 3.79. The highest BCUT2D eigenvalue weighted by atomic mass is 16.6. The smallest absolute Gasteiger partial charge is 0.273 e. The minimum Gasteiger partial charge on any atom is -0.273 e. The number of nitrogens with one attached hydrogen (secondary N) is 1. The van der Waals surface area contributed by atoms with Crippen LogP contribution in [0.3, 0.4) is 0 Å². The first-order chi connectivity index (χ1) is 11.2. The minimum atomic E-state index is -0.446. The third-order valence-corrected chi connectivity index (χ3v) is 2.97. The summed E-state index contributed by atoms with van der Waals surface area (Å²) in [6, 6.07) is 15.7. The molecule has 2 aromatic rings. The molecule has 0 heterocycles. The van der Waals surface area contributed by atoms with Crippen LogP contribution in [0.2, 0.25) is 0 Å². The molecule has 0 spiro atoms. The lowest BCUT2D eigenvalue weighted by Gasteiger charge is -1.99. The first-order valence-corrected chi connectivity index (χ1v) is 6.93. The zero-order chi connectivity index (χ0) is 16.5. The monoisotopic (exact) mass is 309 g/mol. The summed E-state index contributed by atoms with van der Waals surface area (Å²) in [7, 11) is 0. The van der Waals surface area contributed by atoms with Crippen LogP contribution in [0.5, 0.6) is 0 Å². The number of nitro benzene ring substituents is 1. The Balaban J connectivity index is 1.87. The molecule has 0 unspecified atom stereocenters. The predicted octanol–water partition coefficient (Wildman–Crippen LogP) is 2.95. The van der Waals surface area contributed by atoms with Crippen LogP contribution in [0, 0.1) is 10.1 Å². The summed E-state index contributed by atoms with van der Waals surface area (Å²) in [5, 5.41) is 14.6. The van der Waals surface area contributed by atoms with E-state index in [9.17, 15) is 14.9 Å². The second-order valence-corrected chi connectivity index (χ2v) is 4.65. The van der Waals surface area contributed by atoms with E-state index in [2.05, 4.69) is 10.5 Å². The molecule has 0 fully saturated rings. The molecule has 0 aliphatic heterocycles. The molecular formula is C17H15N3O3. The van der Waals surface area contributed by atoms with Crippen LogP contribution < -0.4 is 5.43 Å². The fraction of sp³-hybridized carbons (Fsp3) is 0.0588. The number of nitro groups is 1. The van der Waals surface area contributed by atoms with Crippen molar-refractivity contribution in [2.24, 2.45) is 5.10 Å². The van der Waals surface area contributed by atoms with Crippen molar-refractivity contribution in [1.29, 1.82) is 0 Å². The van der Waals surface area contributed by atoms with Gasteiger partial charge in [0.15, 0.2) is 0 Å². The number of carbonyl (C=O) groups is 1. The standard InChI is InChI=1S/C17H15N3O3/c21-17(13-14-7-2-1-3-8-14)19-18-12-6-10-15-9-4-5-11-16(15)20(22)23/h1-12H,13H2,(H,19,21)/b10-6+,18-12-. The van der Waals surface area contributed by atoms with E-state index in [1.165, 1.54) is 18.4 Å². The van der Waals surface area contributed by atoms with Crippen molar-refractivity contribution in [3.05, 3.63) is 81.9 Å². The van der Waals surface area contributed by atoms with Crippen molar-refractivity contribution in [1.82, 2.24) is 5.43 Å². The maximum Gasteiger partial charge on any atom is 0.276 e. The second kappa shape index (κ2) is 8.23. The van der Waals surface area contributed by atoms with Gasteiger partial charge >= 0.3 is 0 Å². The van der Waals surface area contributed by atoms with E-state index in [1.54, 1.807) is 24.3 Å². The van der Waals surface area contributed by atoms with Crippen LogP contribution in [0.25, 0.3) is 6.08 Å². The molecule has 0 atom stereocenters. The SMILES string of the molecule is O=C(Cc1ccccc1)N/N=C\C=C\c1ccccc1[N+](=O)[O-]. The molecule has 0 radical (unpaired) electrons. The van der Waals surface area contributed by atoms with Gasteiger partial charge in [-0.1, -0.05) is 42.5 Å². The Kier molecular flexibility index (Phi) is 5.76. The summed E-state index contributed by atoms with van der Waals surface area (Å²) in [5.74, 6) is -0.230. The van der Waals surface area contributed by atoms with Gasteiger partial charge in [-0.3, -0.25) is 14.9 Å². The molecule has 0 aliphatic rings. The summed E-state index contributed by atoms with van der Waals surface area (Å²) < 4.78 is 0. The van der Waals surface area contributed by atoms with E-state index in [0.717, 1.165) is 5.56 Å². The molecule has 116 valence electrons. The molecule has 2 aromatic carbocycles. The Labute approximate surface area is 133 Å². The van der Waals surface area contributed by atoms with Crippen molar-refractivity contribution in [2.75, 3.05) is 0 Å². The number of nitrogens with zero attached hydrogens (tertiary/aromatic N) is 2. The average molecular weight is 309 g/mol. The number of carbonyl (C=O) groups excluding carboxylic acids is 1. The van der Waals surface area contributed by atoms with Crippen molar-refractivity contribution < 1.29 is 9.72 Å². The third kappa shape index (κ3) is 5.20. The van der Waals surface area contributed by atoms with Gasteiger partial charge in [0.25, 0.3) is 5.69 Å². The van der Waals surface area contributed by atoms with Crippen LogP contribution in [-0.2, 0) is 11.2 Å². The highest BCUT2D eigenvalue weighted by Gasteiger charge is 2.08. The summed E-state index contributed by atoms with van der Waals surface area (Å²) in [6.07, 6.45) is 4.71. The molecule has 0 bridgehead atoms. The van der Waals surface area contributed by atoms with Crippen LogP contribution >= 0.6 is 0 Å². The molecule has 0 saturated heterocycles. The maximum atomic E-state index is 11.7. The lowest BCUT2D eigenvalue weighted by Crippen LogP contribution is -2.19. The first kappa shape index (κ1) is 16.1. The molecule has 2 rings (SSSR count). The predicted molar refractivity (Wildman–Crippen MR) is 88.9 cm³/mol. The fourth-order valence-electron chi connectivity index (χ4n) is 1.91. The van der Waals surface area contributed by atoms with Crippen molar-refractivity contribution >= 4 is 23.9 Å². The summed E-state index contributed by atoms with van der Waals surface area (Å²) in [4.78, 5) is 22.1. The molecule has 6 heteroatoms. The zero-order valence-electron chi connectivity index (χ0n) is 12.3. The van der Waals surface area contributed by atoms with Gasteiger partial charge in [0, 0.05) is 12.3 Å². The topological polar surface area (TPSA) is 84.6 Å². The molecular weight excluding hydrogens is 294 g/mol. The van der Waals surface area contributed by atoms with Crippen LogP contribution in [0.15, 0.2) is 65.8 Å². The van der Waals surface area contributed by atoms with Gasteiger partial charge in [0.2, 0.25) is 5.91 Å². The molecule has 6 nitrogen and oxygen atoms in total. The maximum absolute atomic E-state index is 11.7. The van der Waals surface area contributed by atoms with Crippen molar-refractivity contribution in [3.63, 3.8) is 0 Å². The first-order valence-electron chi connectivity index (χ1n) is 6.93. The van der Waals surface area contributed by atoms with Gasteiger partial charge in [-0.05, 0) is 23.8 Å². The minimum absolute atomic E-state index is 0.0188. The van der Waals surface area contributed by atoms with Gasteiger partial charge in [-0.25, -0.2) is 5.43 Å². The normalized spacial score (nSPS) is 11.0. The van der Waals surface area contributed by atoms with Gasteiger partial charge in [-0.2, -0.15) is 5.10 Å². The quantitative estimate of drug-likeness (QED) is 0.506. The Morgan fingerprint density at radius 3 is 2.57 bits per heavy atom. The van der Waals surface area contributed by atoms with Crippen LogP contribution in [0.1, 0.15) is 11.1 Å². The number of benzene rings is 2. The van der Waals surface area contributed by atoms with Gasteiger partial charge in [0.05, 0.1) is 16.9 Å². The van der Waals surface area contributed by atoms with E-state index >= 15 is 0 Å². The number of para-hydroxylation sites is 1. The number of rotatable bonds is 6. The second-order valence-electron chi connectivity index (χ2n) is 4.65. The van der Waals surface area contributed by atoms with Gasteiger partial charge < -0.3 is 0 Å². The van der Waals surface area contributed by atoms with E-state index in [0.29, 0.717) is 5.56 Å². The van der Waals surface area contributed by atoms with E-state index in [-0.39, 0.29) is 18.0 Å². The molecule has 1 N–H and O–H groups in total. The van der Waals surface area contributed by atoms with E-state index in [1.807, 2.05) is 30.3 Å². The Hall–Kier alpha value is -3.28. The highest BCUT2D eigenvalue weighted by molar-refractivity contribution is 5.83. The van der Waals surface area contributed by atoms with Gasteiger partial charge in [-0.15, -0.1) is 0 Å². The number of allylic oxidation sites excluding steroid dienone is 1. The van der Waals surface area contributed by atoms with Crippen molar-refractivity contribution in [3.8, 4) is 0 Å². The van der Waals surface area contributed by atoms with Crippen molar-refractivity contribution in [2.45, 2.75) is 6.42 Å². The number of amides is 1. The molecule has 0 saturated carbocycles. The van der Waals surface area contributed by atoms with Crippen LogP contribution in [-0.4, -0.2) is 17.0 Å². The number of hydrogen-bond donors (Lipinski definition) is 1. The zero-order valence-corrected chi connectivity index (χ0v) is 12.3.